The van der Waals surface area contributed by atoms with Crippen molar-refractivity contribution < 1.29 is 9.53 Å². The van der Waals surface area contributed by atoms with Gasteiger partial charge in [-0.25, -0.2) is 4.98 Å². The SMILES string of the molecule is COc1cccc(C[C@@H](NC(=O)c2cnccn2)C2CC2)c1. The molecule has 0 radical (unpaired) electrons. The van der Waals surface area contributed by atoms with Gasteiger partial charge in [0.05, 0.1) is 13.3 Å². The Hall–Kier alpha value is -2.43. The third-order valence-corrected chi connectivity index (χ3v) is 3.89. The highest BCUT2D eigenvalue weighted by Gasteiger charge is 2.32. The van der Waals surface area contributed by atoms with Gasteiger partial charge in [0.1, 0.15) is 11.4 Å². The van der Waals surface area contributed by atoms with E-state index < -0.39 is 0 Å². The minimum Gasteiger partial charge on any atom is -0.497 e. The number of benzene rings is 1. The highest BCUT2D eigenvalue weighted by Crippen LogP contribution is 2.34. The quantitative estimate of drug-likeness (QED) is 0.888. The van der Waals surface area contributed by atoms with Gasteiger partial charge in [-0.3, -0.25) is 9.78 Å². The summed E-state index contributed by atoms with van der Waals surface area (Å²) in [4.78, 5) is 20.3. The summed E-state index contributed by atoms with van der Waals surface area (Å²) in [7, 11) is 1.66. The van der Waals surface area contributed by atoms with Crippen molar-refractivity contribution >= 4 is 5.91 Å². The molecule has 5 nitrogen and oxygen atoms in total. The normalized spacial score (nSPS) is 15.1. The molecular formula is C17H19N3O2. The second-order valence-electron chi connectivity index (χ2n) is 5.56. The fourth-order valence-corrected chi connectivity index (χ4v) is 2.55. The van der Waals surface area contributed by atoms with Crippen LogP contribution in [-0.4, -0.2) is 29.0 Å². The minimum absolute atomic E-state index is 0.126. The lowest BCUT2D eigenvalue weighted by Gasteiger charge is -2.18. The van der Waals surface area contributed by atoms with Gasteiger partial charge in [-0.05, 0) is 42.9 Å². The fraction of sp³-hybridized carbons (Fsp3) is 0.353. The van der Waals surface area contributed by atoms with Crippen molar-refractivity contribution in [2.75, 3.05) is 7.11 Å². The molecule has 0 spiro atoms. The standard InChI is InChI=1S/C17H19N3O2/c1-22-14-4-2-3-12(9-14)10-15(13-5-6-13)20-17(21)16-11-18-7-8-19-16/h2-4,7-9,11,13,15H,5-6,10H2,1H3,(H,20,21)/t15-/m1/s1. The van der Waals surface area contributed by atoms with Crippen LogP contribution in [0.4, 0.5) is 0 Å². The molecule has 0 unspecified atom stereocenters. The summed E-state index contributed by atoms with van der Waals surface area (Å²) < 4.78 is 5.26. The third kappa shape index (κ3) is 3.61. The predicted molar refractivity (Wildman–Crippen MR) is 82.7 cm³/mol. The molecule has 0 bridgehead atoms. The lowest BCUT2D eigenvalue weighted by atomic mass is 10.0. The molecule has 1 heterocycles. The maximum atomic E-state index is 12.3. The van der Waals surface area contributed by atoms with Gasteiger partial charge in [-0.2, -0.15) is 0 Å². The van der Waals surface area contributed by atoms with E-state index >= 15 is 0 Å². The molecule has 1 atom stereocenters. The van der Waals surface area contributed by atoms with Crippen LogP contribution in [-0.2, 0) is 6.42 Å². The molecule has 5 heteroatoms. The number of rotatable bonds is 6. The largest absolute Gasteiger partial charge is 0.497 e. The molecule has 1 aliphatic rings. The van der Waals surface area contributed by atoms with Gasteiger partial charge in [-0.1, -0.05) is 12.1 Å². The Morgan fingerprint density at radius 1 is 1.41 bits per heavy atom. The number of ether oxygens (including phenoxy) is 1. The van der Waals surface area contributed by atoms with E-state index in [-0.39, 0.29) is 11.9 Å². The van der Waals surface area contributed by atoms with Crippen LogP contribution in [0.25, 0.3) is 0 Å². The van der Waals surface area contributed by atoms with Crippen LogP contribution in [0.3, 0.4) is 0 Å². The number of hydrogen-bond donors (Lipinski definition) is 1. The number of methoxy groups -OCH3 is 1. The average molecular weight is 297 g/mol. The van der Waals surface area contributed by atoms with Gasteiger partial charge < -0.3 is 10.1 Å². The van der Waals surface area contributed by atoms with E-state index in [1.807, 2.05) is 18.2 Å². The summed E-state index contributed by atoms with van der Waals surface area (Å²) in [6, 6.07) is 8.11. The zero-order chi connectivity index (χ0) is 15.4. The molecule has 1 fully saturated rings. The molecule has 0 aliphatic heterocycles. The van der Waals surface area contributed by atoms with Crippen molar-refractivity contribution in [2.24, 2.45) is 5.92 Å². The highest BCUT2D eigenvalue weighted by atomic mass is 16.5. The summed E-state index contributed by atoms with van der Waals surface area (Å²) in [5.74, 6) is 1.23. The van der Waals surface area contributed by atoms with E-state index in [1.165, 1.54) is 12.4 Å². The molecule has 3 rings (SSSR count). The molecule has 114 valence electrons. The highest BCUT2D eigenvalue weighted by molar-refractivity contribution is 5.92. The van der Waals surface area contributed by atoms with Crippen LogP contribution >= 0.6 is 0 Å². The molecule has 1 aromatic heterocycles. The van der Waals surface area contributed by atoms with Crippen molar-refractivity contribution in [3.63, 3.8) is 0 Å². The smallest absolute Gasteiger partial charge is 0.271 e. The average Bonchev–Trinajstić information content (AvgIpc) is 3.40. The van der Waals surface area contributed by atoms with Crippen molar-refractivity contribution in [2.45, 2.75) is 25.3 Å². The first-order valence-electron chi connectivity index (χ1n) is 7.46. The number of aromatic nitrogens is 2. The third-order valence-electron chi connectivity index (χ3n) is 3.89. The van der Waals surface area contributed by atoms with Crippen LogP contribution in [0, 0.1) is 5.92 Å². The Morgan fingerprint density at radius 2 is 2.27 bits per heavy atom. The zero-order valence-electron chi connectivity index (χ0n) is 12.5. The van der Waals surface area contributed by atoms with Gasteiger partial charge in [0.15, 0.2) is 0 Å². The Bertz CT molecular complexity index is 641. The van der Waals surface area contributed by atoms with E-state index in [4.69, 9.17) is 4.74 Å². The van der Waals surface area contributed by atoms with Crippen LogP contribution in [0.2, 0.25) is 0 Å². The van der Waals surface area contributed by atoms with Crippen LogP contribution in [0.15, 0.2) is 42.9 Å². The first-order valence-corrected chi connectivity index (χ1v) is 7.46. The first-order chi connectivity index (χ1) is 10.8. The van der Waals surface area contributed by atoms with Crippen LogP contribution in [0.5, 0.6) is 5.75 Å². The predicted octanol–water partition coefficient (Wildman–Crippen LogP) is 2.24. The number of nitrogens with one attached hydrogen (secondary N) is 1. The van der Waals surface area contributed by atoms with E-state index in [0.29, 0.717) is 11.6 Å². The monoisotopic (exact) mass is 297 g/mol. The van der Waals surface area contributed by atoms with Gasteiger partial charge in [-0.15, -0.1) is 0 Å². The molecule has 1 saturated carbocycles. The maximum absolute atomic E-state index is 12.3. The van der Waals surface area contributed by atoms with Gasteiger partial charge in [0.25, 0.3) is 5.91 Å². The lowest BCUT2D eigenvalue weighted by molar-refractivity contribution is 0.0926. The molecule has 2 aromatic rings. The summed E-state index contributed by atoms with van der Waals surface area (Å²) in [6.45, 7) is 0. The van der Waals surface area contributed by atoms with Crippen LogP contribution in [0.1, 0.15) is 28.9 Å². The van der Waals surface area contributed by atoms with E-state index in [2.05, 4.69) is 21.4 Å². The number of nitrogens with zero attached hydrogens (tertiary/aromatic N) is 2. The first kappa shape index (κ1) is 14.5. The Balaban J connectivity index is 1.69. The van der Waals surface area contributed by atoms with Gasteiger partial charge >= 0.3 is 0 Å². The van der Waals surface area contributed by atoms with Crippen molar-refractivity contribution in [1.29, 1.82) is 0 Å². The second-order valence-corrected chi connectivity index (χ2v) is 5.56. The summed E-state index contributed by atoms with van der Waals surface area (Å²) in [6.07, 6.45) is 7.71. The lowest BCUT2D eigenvalue weighted by Crippen LogP contribution is -2.38. The van der Waals surface area contributed by atoms with Crippen molar-refractivity contribution in [3.05, 3.63) is 54.1 Å². The molecule has 22 heavy (non-hydrogen) atoms. The number of carbonyl (C=O) groups excluding carboxylic acids is 1. The topological polar surface area (TPSA) is 64.1 Å². The van der Waals surface area contributed by atoms with Gasteiger partial charge in [0.2, 0.25) is 0 Å². The number of hydrogen-bond acceptors (Lipinski definition) is 4. The summed E-state index contributed by atoms with van der Waals surface area (Å²) >= 11 is 0. The van der Waals surface area contributed by atoms with E-state index in [9.17, 15) is 4.79 Å². The maximum Gasteiger partial charge on any atom is 0.271 e. The summed E-state index contributed by atoms with van der Waals surface area (Å²) in [5, 5.41) is 3.10. The molecule has 1 amide bonds. The summed E-state index contributed by atoms with van der Waals surface area (Å²) in [5.41, 5.74) is 1.52. The Labute approximate surface area is 129 Å². The van der Waals surface area contributed by atoms with Gasteiger partial charge in [0, 0.05) is 18.4 Å². The second kappa shape index (κ2) is 6.56. The zero-order valence-corrected chi connectivity index (χ0v) is 12.5. The van der Waals surface area contributed by atoms with Crippen molar-refractivity contribution in [3.8, 4) is 5.75 Å². The fourth-order valence-electron chi connectivity index (χ4n) is 2.55. The Kier molecular flexibility index (Phi) is 4.32. The molecular weight excluding hydrogens is 278 g/mol. The Morgan fingerprint density at radius 3 is 2.95 bits per heavy atom. The molecule has 0 saturated heterocycles. The number of amides is 1. The molecule has 1 aromatic carbocycles. The van der Waals surface area contributed by atoms with Crippen LogP contribution < -0.4 is 10.1 Å². The number of carbonyl (C=O) groups is 1. The molecule has 1 aliphatic carbocycles. The minimum atomic E-state index is -0.159. The van der Waals surface area contributed by atoms with Crippen molar-refractivity contribution in [1.82, 2.24) is 15.3 Å². The van der Waals surface area contributed by atoms with E-state index in [0.717, 1.165) is 30.6 Å². The molecule has 1 N–H and O–H groups in total. The van der Waals surface area contributed by atoms with E-state index in [1.54, 1.807) is 13.3 Å².